The van der Waals surface area contributed by atoms with Gasteiger partial charge in [-0.05, 0) is 49.9 Å². The van der Waals surface area contributed by atoms with Gasteiger partial charge in [-0.2, -0.15) is 0 Å². The van der Waals surface area contributed by atoms with Crippen LogP contribution in [0.1, 0.15) is 91.3 Å². The summed E-state index contributed by atoms with van der Waals surface area (Å²) in [7, 11) is 0. The Labute approximate surface area is 173 Å². The van der Waals surface area contributed by atoms with E-state index in [9.17, 15) is 0 Å². The second kappa shape index (κ2) is 12.3. The molecule has 2 aromatic heterocycles. The number of pyridine rings is 1. The van der Waals surface area contributed by atoms with Crippen molar-refractivity contribution in [3.63, 3.8) is 0 Å². The van der Waals surface area contributed by atoms with E-state index in [0.29, 0.717) is 6.04 Å². The van der Waals surface area contributed by atoms with Gasteiger partial charge in [0, 0.05) is 36.4 Å². The molecule has 3 heteroatoms. The lowest BCUT2D eigenvalue weighted by atomic mass is 9.86. The minimum absolute atomic E-state index is 0.638. The van der Waals surface area contributed by atoms with E-state index in [1.807, 2.05) is 33.9 Å². The molecule has 2 aliphatic rings. The van der Waals surface area contributed by atoms with E-state index in [1.165, 1.54) is 82.0 Å². The zero-order valence-corrected chi connectivity index (χ0v) is 19.1. The van der Waals surface area contributed by atoms with Crippen molar-refractivity contribution in [2.24, 2.45) is 5.92 Å². The first-order chi connectivity index (χ1) is 13.8. The van der Waals surface area contributed by atoms with Gasteiger partial charge in [-0.1, -0.05) is 66.7 Å². The lowest BCUT2D eigenvalue weighted by Gasteiger charge is -2.33. The van der Waals surface area contributed by atoms with Crippen LogP contribution >= 0.6 is 0 Å². The molecule has 0 aromatic carbocycles. The van der Waals surface area contributed by atoms with Crippen LogP contribution in [-0.2, 0) is 6.42 Å². The monoisotopic (exact) mass is 385 g/mol. The normalized spacial score (nSPS) is 18.9. The van der Waals surface area contributed by atoms with Gasteiger partial charge in [-0.15, -0.1) is 0 Å². The molecule has 3 heterocycles. The van der Waals surface area contributed by atoms with Gasteiger partial charge in [0.15, 0.2) is 0 Å². The Morgan fingerprint density at radius 3 is 2.29 bits per heavy atom. The number of fused-ring (bicyclic) bond motifs is 1. The van der Waals surface area contributed by atoms with Gasteiger partial charge >= 0.3 is 0 Å². The second-order valence-corrected chi connectivity index (χ2v) is 7.80. The molecule has 3 nitrogen and oxygen atoms in total. The number of piperidine rings is 1. The van der Waals surface area contributed by atoms with Crippen LogP contribution in [0.5, 0.6) is 0 Å². The van der Waals surface area contributed by atoms with Crippen molar-refractivity contribution in [2.75, 3.05) is 19.6 Å². The number of aromatic nitrogens is 2. The topological polar surface area (TPSA) is 21.1 Å². The Morgan fingerprint density at radius 1 is 0.964 bits per heavy atom. The Balaban J connectivity index is 0.000000660. The maximum Gasteiger partial charge on any atom is 0.140 e. The first kappa shape index (κ1) is 22.9. The van der Waals surface area contributed by atoms with Crippen molar-refractivity contribution in [1.29, 1.82) is 0 Å². The molecule has 1 saturated heterocycles. The molecule has 28 heavy (non-hydrogen) atoms. The zero-order chi connectivity index (χ0) is 20.4. The summed E-state index contributed by atoms with van der Waals surface area (Å²) < 4.78 is 2.62. The molecule has 2 aromatic rings. The van der Waals surface area contributed by atoms with Crippen LogP contribution in [0, 0.1) is 5.92 Å². The minimum Gasteiger partial charge on any atom is -0.326 e. The maximum atomic E-state index is 4.76. The van der Waals surface area contributed by atoms with E-state index in [1.54, 1.807) is 5.69 Å². The molecule has 0 spiro atoms. The van der Waals surface area contributed by atoms with Crippen molar-refractivity contribution < 1.29 is 0 Å². The lowest BCUT2D eigenvalue weighted by molar-refractivity contribution is 0.194. The maximum absolute atomic E-state index is 4.76. The van der Waals surface area contributed by atoms with Crippen molar-refractivity contribution in [3.05, 3.63) is 30.1 Å². The van der Waals surface area contributed by atoms with Gasteiger partial charge in [0.25, 0.3) is 0 Å². The largest absolute Gasteiger partial charge is 0.326 e. The molecule has 0 atom stereocenters. The van der Waals surface area contributed by atoms with Crippen LogP contribution in [0.15, 0.2) is 24.4 Å². The number of hydrogen-bond acceptors (Lipinski definition) is 2. The predicted octanol–water partition coefficient (Wildman–Crippen LogP) is 6.87. The standard InChI is InChI=1S/C21H31N3.2C2H6/c1-2-23-13-10-19(11-14-23)24-20(15-17-7-4-3-5-8-17)16-18-9-6-12-22-21(18)24;2*1-2/h6,9,12,16-17,19H,2-5,7-8,10-11,13-15H2,1H3;2*1-2H3. The highest BCUT2D eigenvalue weighted by Crippen LogP contribution is 2.33. The van der Waals surface area contributed by atoms with Gasteiger partial charge in [0.1, 0.15) is 5.65 Å². The fraction of sp³-hybridized carbons (Fsp3) is 0.720. The number of nitrogens with zero attached hydrogens (tertiary/aromatic N) is 3. The SMILES string of the molecule is CC.CC.CCN1CCC(n2c(CC3CCCCC3)cc3cccnc32)CC1. The van der Waals surface area contributed by atoms with E-state index in [4.69, 9.17) is 4.98 Å². The minimum atomic E-state index is 0.638. The van der Waals surface area contributed by atoms with Gasteiger partial charge in [0.2, 0.25) is 0 Å². The summed E-state index contributed by atoms with van der Waals surface area (Å²) >= 11 is 0. The summed E-state index contributed by atoms with van der Waals surface area (Å²) in [4.78, 5) is 7.34. The third-order valence-electron chi connectivity index (χ3n) is 6.27. The van der Waals surface area contributed by atoms with Crippen molar-refractivity contribution in [3.8, 4) is 0 Å². The smallest absolute Gasteiger partial charge is 0.140 e. The third kappa shape index (κ3) is 5.59. The van der Waals surface area contributed by atoms with Crippen LogP contribution in [0.25, 0.3) is 11.0 Å². The fourth-order valence-corrected chi connectivity index (χ4v) is 4.85. The van der Waals surface area contributed by atoms with E-state index >= 15 is 0 Å². The fourth-order valence-electron chi connectivity index (χ4n) is 4.85. The molecule has 2 fully saturated rings. The number of hydrogen-bond donors (Lipinski definition) is 0. The first-order valence-corrected chi connectivity index (χ1v) is 12.0. The summed E-state index contributed by atoms with van der Waals surface area (Å²) in [6.07, 6.45) is 12.9. The molecule has 0 amide bonds. The van der Waals surface area contributed by atoms with Gasteiger partial charge in [-0.3, -0.25) is 0 Å². The number of rotatable bonds is 4. The van der Waals surface area contributed by atoms with Crippen LogP contribution in [-0.4, -0.2) is 34.1 Å². The lowest BCUT2D eigenvalue weighted by Crippen LogP contribution is -2.35. The van der Waals surface area contributed by atoms with Crippen LogP contribution in [0.3, 0.4) is 0 Å². The summed E-state index contributed by atoms with van der Waals surface area (Å²) in [5.41, 5.74) is 2.77. The third-order valence-corrected chi connectivity index (χ3v) is 6.27. The highest BCUT2D eigenvalue weighted by Gasteiger charge is 2.25. The van der Waals surface area contributed by atoms with Gasteiger partial charge in [-0.25, -0.2) is 4.98 Å². The Morgan fingerprint density at radius 2 is 1.64 bits per heavy atom. The van der Waals surface area contributed by atoms with Crippen LogP contribution < -0.4 is 0 Å². The predicted molar refractivity (Wildman–Crippen MR) is 123 cm³/mol. The number of likely N-dealkylation sites (tertiary alicyclic amines) is 1. The second-order valence-electron chi connectivity index (χ2n) is 7.80. The molecule has 158 valence electrons. The molecule has 0 radical (unpaired) electrons. The van der Waals surface area contributed by atoms with Gasteiger partial charge in [0.05, 0.1) is 0 Å². The quantitative estimate of drug-likeness (QED) is 0.572. The average molecular weight is 386 g/mol. The highest BCUT2D eigenvalue weighted by atomic mass is 15.2. The summed E-state index contributed by atoms with van der Waals surface area (Å²) in [6, 6.07) is 7.39. The summed E-state index contributed by atoms with van der Waals surface area (Å²) in [5, 5.41) is 1.33. The molecule has 1 saturated carbocycles. The van der Waals surface area contributed by atoms with Crippen molar-refractivity contribution >= 4 is 11.0 Å². The molecule has 4 rings (SSSR count). The molecular weight excluding hydrogens is 342 g/mol. The molecule has 0 N–H and O–H groups in total. The highest BCUT2D eigenvalue weighted by molar-refractivity contribution is 5.77. The van der Waals surface area contributed by atoms with Crippen molar-refractivity contribution in [2.45, 2.75) is 92.0 Å². The Bertz CT molecular complexity index is 661. The van der Waals surface area contributed by atoms with E-state index in [2.05, 4.69) is 34.6 Å². The van der Waals surface area contributed by atoms with Crippen LogP contribution in [0.4, 0.5) is 0 Å². The van der Waals surface area contributed by atoms with Gasteiger partial charge < -0.3 is 9.47 Å². The Kier molecular flexibility index (Phi) is 10.0. The molecular formula is C25H43N3. The van der Waals surface area contributed by atoms with E-state index < -0.39 is 0 Å². The molecule has 0 bridgehead atoms. The summed E-state index contributed by atoms with van der Waals surface area (Å²) in [6.45, 7) is 13.9. The molecule has 0 unspecified atom stereocenters. The van der Waals surface area contributed by atoms with E-state index in [-0.39, 0.29) is 0 Å². The van der Waals surface area contributed by atoms with Crippen LogP contribution in [0.2, 0.25) is 0 Å². The molecule has 1 aliphatic carbocycles. The average Bonchev–Trinajstić information content (AvgIpc) is 3.15. The summed E-state index contributed by atoms with van der Waals surface area (Å²) in [5.74, 6) is 0.887. The molecule has 1 aliphatic heterocycles. The van der Waals surface area contributed by atoms with E-state index in [0.717, 1.165) is 5.92 Å². The Hall–Kier alpha value is -1.35. The zero-order valence-electron chi connectivity index (χ0n) is 19.1. The van der Waals surface area contributed by atoms with Crippen molar-refractivity contribution in [1.82, 2.24) is 14.5 Å². The first-order valence-electron chi connectivity index (χ1n) is 12.0.